The lowest BCUT2D eigenvalue weighted by molar-refractivity contribution is -0.385. The van der Waals surface area contributed by atoms with Gasteiger partial charge in [0, 0.05) is 4.88 Å². The molecule has 1 N–H and O–H groups in total. The van der Waals surface area contributed by atoms with E-state index in [0.29, 0.717) is 11.6 Å². The maximum absolute atomic E-state index is 12.3. The van der Waals surface area contributed by atoms with Crippen LogP contribution in [0.15, 0.2) is 12.4 Å². The Kier molecular flexibility index (Phi) is 4.32. The second kappa shape index (κ2) is 6.00. The van der Waals surface area contributed by atoms with Crippen molar-refractivity contribution >= 4 is 28.1 Å². The second-order valence-electron chi connectivity index (χ2n) is 4.51. The molecule has 0 saturated heterocycles. The molecule has 2 aromatic heterocycles. The zero-order chi connectivity index (χ0) is 15.6. The fraction of sp³-hybridized carbons (Fsp3) is 0.417. The summed E-state index contributed by atoms with van der Waals surface area (Å²) in [6.45, 7) is 5.61. The van der Waals surface area contributed by atoms with Crippen molar-refractivity contribution < 1.29 is 9.72 Å². The molecule has 0 aliphatic carbocycles. The lowest BCUT2D eigenvalue weighted by atomic mass is 10.2. The van der Waals surface area contributed by atoms with Crippen molar-refractivity contribution in [1.29, 1.82) is 0 Å². The van der Waals surface area contributed by atoms with Crippen LogP contribution in [-0.2, 0) is 4.79 Å². The van der Waals surface area contributed by atoms with Gasteiger partial charge in [-0.25, -0.2) is 4.98 Å². The number of aromatic nitrogens is 3. The largest absolute Gasteiger partial charge is 0.307 e. The number of nitro groups is 1. The number of nitrogens with zero attached hydrogens (tertiary/aromatic N) is 4. The Morgan fingerprint density at radius 3 is 2.76 bits per heavy atom. The molecule has 2 aromatic rings. The zero-order valence-corrected chi connectivity index (χ0v) is 12.7. The van der Waals surface area contributed by atoms with Crippen LogP contribution in [0.3, 0.4) is 0 Å². The molecule has 1 unspecified atom stereocenters. The Morgan fingerprint density at radius 2 is 2.29 bits per heavy atom. The summed E-state index contributed by atoms with van der Waals surface area (Å²) in [6, 6.07) is -0.608. The second-order valence-corrected chi connectivity index (χ2v) is 5.71. The number of thiazole rings is 1. The van der Waals surface area contributed by atoms with Crippen LogP contribution < -0.4 is 5.32 Å². The molecule has 1 amide bonds. The molecule has 0 spiro atoms. The summed E-state index contributed by atoms with van der Waals surface area (Å²) in [7, 11) is 0. The predicted molar refractivity (Wildman–Crippen MR) is 78.4 cm³/mol. The van der Waals surface area contributed by atoms with Gasteiger partial charge in [0.1, 0.15) is 18.4 Å². The molecule has 9 heteroatoms. The molecule has 0 bridgehead atoms. The maximum atomic E-state index is 12.3. The number of amides is 1. The molecule has 1 atom stereocenters. The predicted octanol–water partition coefficient (Wildman–Crippen LogP) is 2.45. The summed E-state index contributed by atoms with van der Waals surface area (Å²) < 4.78 is 1.31. The van der Waals surface area contributed by atoms with E-state index in [4.69, 9.17) is 0 Å². The van der Waals surface area contributed by atoms with Crippen LogP contribution in [0, 0.1) is 24.0 Å². The number of hydrogen-bond donors (Lipinski definition) is 1. The first-order chi connectivity index (χ1) is 9.92. The van der Waals surface area contributed by atoms with Gasteiger partial charge in [-0.3, -0.25) is 19.6 Å². The number of anilines is 1. The van der Waals surface area contributed by atoms with Crippen molar-refractivity contribution in [1.82, 2.24) is 14.8 Å². The van der Waals surface area contributed by atoms with Gasteiger partial charge in [0.05, 0.1) is 10.6 Å². The van der Waals surface area contributed by atoms with Crippen LogP contribution in [0.2, 0.25) is 0 Å². The van der Waals surface area contributed by atoms with Crippen molar-refractivity contribution in [2.45, 2.75) is 33.2 Å². The highest BCUT2D eigenvalue weighted by Gasteiger charge is 2.23. The molecule has 0 aromatic carbocycles. The summed E-state index contributed by atoms with van der Waals surface area (Å²) in [5, 5.41) is 17.8. The van der Waals surface area contributed by atoms with Crippen molar-refractivity contribution in [3.05, 3.63) is 33.1 Å². The van der Waals surface area contributed by atoms with E-state index in [1.165, 1.54) is 22.2 Å². The van der Waals surface area contributed by atoms with E-state index >= 15 is 0 Å². The van der Waals surface area contributed by atoms with Crippen LogP contribution in [-0.4, -0.2) is 25.6 Å². The Hall–Kier alpha value is -2.29. The molecule has 112 valence electrons. The first-order valence-electron chi connectivity index (χ1n) is 6.35. The summed E-state index contributed by atoms with van der Waals surface area (Å²) in [4.78, 5) is 27.7. The molecular weight excluding hydrogens is 294 g/mol. The van der Waals surface area contributed by atoms with Crippen molar-refractivity contribution in [2.24, 2.45) is 0 Å². The third-order valence-electron chi connectivity index (χ3n) is 3.07. The highest BCUT2D eigenvalue weighted by Crippen LogP contribution is 2.23. The van der Waals surface area contributed by atoms with Gasteiger partial charge in [0.15, 0.2) is 5.13 Å². The van der Waals surface area contributed by atoms with Crippen molar-refractivity contribution in [3.8, 4) is 0 Å². The third kappa shape index (κ3) is 3.24. The molecule has 0 aliphatic rings. The van der Waals surface area contributed by atoms with Gasteiger partial charge < -0.3 is 5.32 Å². The average Bonchev–Trinajstić information content (AvgIpc) is 2.99. The molecule has 0 aliphatic heterocycles. The number of nitrogens with one attached hydrogen (secondary N) is 1. The Bertz CT molecular complexity index is 659. The van der Waals surface area contributed by atoms with Gasteiger partial charge in [0.25, 0.3) is 5.91 Å². The summed E-state index contributed by atoms with van der Waals surface area (Å²) in [5.41, 5.74) is 0.736. The average molecular weight is 309 g/mol. The van der Waals surface area contributed by atoms with E-state index < -0.39 is 11.0 Å². The molecule has 21 heavy (non-hydrogen) atoms. The van der Waals surface area contributed by atoms with Crippen molar-refractivity contribution in [3.63, 3.8) is 0 Å². The molecule has 2 heterocycles. The number of carbonyl (C=O) groups is 1. The maximum Gasteiger partial charge on any atom is 0.307 e. The first-order valence-corrected chi connectivity index (χ1v) is 7.17. The fourth-order valence-electron chi connectivity index (χ4n) is 1.80. The normalized spacial score (nSPS) is 12.1. The number of rotatable bonds is 5. The minimum atomic E-state index is -0.608. The first kappa shape index (κ1) is 15.1. The van der Waals surface area contributed by atoms with Crippen LogP contribution >= 0.6 is 11.3 Å². The van der Waals surface area contributed by atoms with Crippen LogP contribution in [0.25, 0.3) is 0 Å². The molecule has 0 radical (unpaired) electrons. The lowest BCUT2D eigenvalue weighted by Crippen LogP contribution is -2.25. The highest BCUT2D eigenvalue weighted by atomic mass is 32.1. The van der Waals surface area contributed by atoms with Crippen LogP contribution in [0.5, 0.6) is 0 Å². The Morgan fingerprint density at radius 1 is 1.57 bits per heavy atom. The molecule has 2 rings (SSSR count). The molecule has 0 saturated carbocycles. The van der Waals surface area contributed by atoms with Gasteiger partial charge in [-0.1, -0.05) is 6.92 Å². The summed E-state index contributed by atoms with van der Waals surface area (Å²) in [5.74, 6) is -0.288. The minimum absolute atomic E-state index is 0.137. The number of hydrogen-bond acceptors (Lipinski definition) is 6. The summed E-state index contributed by atoms with van der Waals surface area (Å²) >= 11 is 1.39. The molecule has 8 nitrogen and oxygen atoms in total. The molecule has 0 fully saturated rings. The zero-order valence-electron chi connectivity index (χ0n) is 11.9. The summed E-state index contributed by atoms with van der Waals surface area (Å²) in [6.07, 6.45) is 2.85. The number of aryl methyl sites for hydroxylation is 2. The van der Waals surface area contributed by atoms with E-state index in [-0.39, 0.29) is 11.6 Å². The monoisotopic (exact) mass is 309 g/mol. The van der Waals surface area contributed by atoms with E-state index in [1.54, 1.807) is 0 Å². The SMILES string of the molecule is CCC(C(=O)Nc1nc(C)c(C)s1)n1cc([N+](=O)[O-])cn1. The highest BCUT2D eigenvalue weighted by molar-refractivity contribution is 7.15. The van der Waals surface area contributed by atoms with Gasteiger partial charge in [0.2, 0.25) is 0 Å². The lowest BCUT2D eigenvalue weighted by Gasteiger charge is -2.13. The van der Waals surface area contributed by atoms with E-state index in [9.17, 15) is 14.9 Å². The smallest absolute Gasteiger partial charge is 0.300 e. The molecular formula is C12H15N5O3S. The standard InChI is InChI=1S/C12H15N5O3S/c1-4-10(16-6-9(5-13-16)17(19)20)11(18)15-12-14-7(2)8(3)21-12/h5-6,10H,4H2,1-3H3,(H,14,15,18). The van der Waals surface area contributed by atoms with Crippen LogP contribution in [0.4, 0.5) is 10.8 Å². The Balaban J connectivity index is 2.15. The topological polar surface area (TPSA) is 103 Å². The van der Waals surface area contributed by atoms with Gasteiger partial charge in [-0.15, -0.1) is 11.3 Å². The van der Waals surface area contributed by atoms with Gasteiger partial charge in [-0.2, -0.15) is 5.10 Å². The number of carbonyl (C=O) groups excluding carboxylic acids is 1. The van der Waals surface area contributed by atoms with Crippen molar-refractivity contribution in [2.75, 3.05) is 5.32 Å². The third-order valence-corrected chi connectivity index (χ3v) is 4.05. The Labute approximate surface area is 125 Å². The van der Waals surface area contributed by atoms with E-state index in [1.807, 2.05) is 20.8 Å². The fourth-order valence-corrected chi connectivity index (χ4v) is 2.62. The minimum Gasteiger partial charge on any atom is -0.300 e. The van der Waals surface area contributed by atoms with E-state index in [2.05, 4.69) is 15.4 Å². The van der Waals surface area contributed by atoms with Gasteiger partial charge in [-0.05, 0) is 20.3 Å². The van der Waals surface area contributed by atoms with Crippen LogP contribution in [0.1, 0.15) is 30.0 Å². The van der Waals surface area contributed by atoms with Gasteiger partial charge >= 0.3 is 5.69 Å². The van der Waals surface area contributed by atoms with E-state index in [0.717, 1.165) is 16.8 Å². The quantitative estimate of drug-likeness (QED) is 0.675.